The number of rotatable bonds is 5. The zero-order chi connectivity index (χ0) is 19.0. The average Bonchev–Trinajstić information content (AvgIpc) is 2.96. The van der Waals surface area contributed by atoms with Gasteiger partial charge in [-0.2, -0.15) is 0 Å². The van der Waals surface area contributed by atoms with Gasteiger partial charge in [0.25, 0.3) is 0 Å². The van der Waals surface area contributed by atoms with Gasteiger partial charge in [0, 0.05) is 23.8 Å². The van der Waals surface area contributed by atoms with Crippen molar-refractivity contribution in [3.05, 3.63) is 70.1 Å². The summed E-state index contributed by atoms with van der Waals surface area (Å²) in [5, 5.41) is 1.97. The van der Waals surface area contributed by atoms with Crippen molar-refractivity contribution in [2.24, 2.45) is 5.92 Å². The topological polar surface area (TPSA) is 48.0 Å². The lowest BCUT2D eigenvalue weighted by Gasteiger charge is -2.12. The van der Waals surface area contributed by atoms with Gasteiger partial charge in [-0.15, -0.1) is 0 Å². The maximum absolute atomic E-state index is 12.0. The second-order valence-electron chi connectivity index (χ2n) is 7.27. The minimum atomic E-state index is -0.306. The molecule has 2 heterocycles. The fourth-order valence-electron chi connectivity index (χ4n) is 3.30. The summed E-state index contributed by atoms with van der Waals surface area (Å²) in [7, 11) is 0. The molecule has 0 aliphatic heterocycles. The Labute approximate surface area is 162 Å². The van der Waals surface area contributed by atoms with Gasteiger partial charge < -0.3 is 8.98 Å². The Morgan fingerprint density at radius 2 is 1.96 bits per heavy atom. The molecule has 27 heavy (non-hydrogen) atoms. The quantitative estimate of drug-likeness (QED) is 0.345. The van der Waals surface area contributed by atoms with E-state index in [1.54, 1.807) is 17.8 Å². The Bertz CT molecular complexity index is 1170. The molecule has 0 amide bonds. The third-order valence-electron chi connectivity index (χ3n) is 4.51. The monoisotopic (exact) mass is 378 g/mol. The van der Waals surface area contributed by atoms with Crippen molar-refractivity contribution in [1.29, 1.82) is 0 Å². The molecule has 2 aromatic heterocycles. The number of thioether (sulfide) groups is 1. The first-order valence-electron chi connectivity index (χ1n) is 9.13. The molecule has 0 fully saturated rings. The fraction of sp³-hybridized carbons (Fsp3) is 0.273. The predicted molar refractivity (Wildman–Crippen MR) is 111 cm³/mol. The van der Waals surface area contributed by atoms with Crippen LogP contribution in [-0.4, -0.2) is 9.55 Å². The standard InChI is InChI=1S/C22H22N2O2S/c1-14(2)12-24-19-7-5-4-6-18(19)23-22(24)27-13-16-11-21(25)26-20-10-15(3)8-9-17(16)20/h4-11,14H,12-13H2,1-3H3. The van der Waals surface area contributed by atoms with E-state index in [4.69, 9.17) is 9.40 Å². The average molecular weight is 378 g/mol. The number of hydrogen-bond acceptors (Lipinski definition) is 4. The molecule has 2 aromatic carbocycles. The van der Waals surface area contributed by atoms with Crippen molar-refractivity contribution >= 4 is 33.8 Å². The van der Waals surface area contributed by atoms with Gasteiger partial charge in [0.2, 0.25) is 0 Å². The molecule has 5 heteroatoms. The third kappa shape index (κ3) is 3.65. The van der Waals surface area contributed by atoms with Crippen molar-refractivity contribution < 1.29 is 4.42 Å². The Balaban J connectivity index is 1.72. The minimum Gasteiger partial charge on any atom is -0.423 e. The smallest absolute Gasteiger partial charge is 0.336 e. The number of imidazole rings is 1. The molecule has 0 atom stereocenters. The van der Waals surface area contributed by atoms with Crippen LogP contribution in [0.3, 0.4) is 0 Å². The van der Waals surface area contributed by atoms with Gasteiger partial charge in [0.05, 0.1) is 11.0 Å². The van der Waals surface area contributed by atoms with Gasteiger partial charge in [-0.05, 0) is 42.2 Å². The highest BCUT2D eigenvalue weighted by Crippen LogP contribution is 2.30. The van der Waals surface area contributed by atoms with E-state index < -0.39 is 0 Å². The van der Waals surface area contributed by atoms with Crippen molar-refractivity contribution in [1.82, 2.24) is 9.55 Å². The molecule has 0 unspecified atom stereocenters. The number of para-hydroxylation sites is 2. The van der Waals surface area contributed by atoms with E-state index in [9.17, 15) is 4.79 Å². The first kappa shape index (κ1) is 17.9. The molecule has 0 bridgehead atoms. The second kappa shape index (κ2) is 7.24. The molecule has 0 spiro atoms. The Kier molecular flexibility index (Phi) is 4.79. The Morgan fingerprint density at radius 3 is 2.78 bits per heavy atom. The van der Waals surface area contributed by atoms with Gasteiger partial charge in [-0.3, -0.25) is 0 Å². The van der Waals surface area contributed by atoms with E-state index in [2.05, 4.69) is 24.5 Å². The van der Waals surface area contributed by atoms with Crippen molar-refractivity contribution in [2.75, 3.05) is 0 Å². The molecule has 0 aliphatic rings. The van der Waals surface area contributed by atoms with Gasteiger partial charge in [0.1, 0.15) is 5.58 Å². The van der Waals surface area contributed by atoms with Gasteiger partial charge in [0.15, 0.2) is 5.16 Å². The van der Waals surface area contributed by atoms with Crippen molar-refractivity contribution in [2.45, 2.75) is 38.2 Å². The third-order valence-corrected chi connectivity index (χ3v) is 5.53. The van der Waals surface area contributed by atoms with Crippen molar-refractivity contribution in [3.63, 3.8) is 0 Å². The van der Waals surface area contributed by atoms with E-state index in [0.29, 0.717) is 17.3 Å². The number of aromatic nitrogens is 2. The van der Waals surface area contributed by atoms with Crippen LogP contribution in [0.4, 0.5) is 0 Å². The number of aryl methyl sites for hydroxylation is 1. The number of fused-ring (bicyclic) bond motifs is 2. The van der Waals surface area contributed by atoms with E-state index in [0.717, 1.165) is 39.2 Å². The first-order chi connectivity index (χ1) is 13.0. The molecular formula is C22H22N2O2S. The summed E-state index contributed by atoms with van der Waals surface area (Å²) in [6.07, 6.45) is 0. The van der Waals surface area contributed by atoms with E-state index in [-0.39, 0.29) is 5.63 Å². The van der Waals surface area contributed by atoms with Gasteiger partial charge in [-0.1, -0.05) is 49.9 Å². The molecule has 0 saturated heterocycles. The molecule has 4 rings (SSSR count). The van der Waals surface area contributed by atoms with Crippen LogP contribution >= 0.6 is 11.8 Å². The second-order valence-corrected chi connectivity index (χ2v) is 8.21. The fourth-order valence-corrected chi connectivity index (χ4v) is 4.32. The molecule has 0 N–H and O–H groups in total. The summed E-state index contributed by atoms with van der Waals surface area (Å²) in [6.45, 7) is 7.33. The molecular weight excluding hydrogens is 356 g/mol. The predicted octanol–water partition coefficient (Wildman–Crippen LogP) is 5.40. The maximum Gasteiger partial charge on any atom is 0.336 e. The summed E-state index contributed by atoms with van der Waals surface area (Å²) >= 11 is 1.67. The molecule has 0 radical (unpaired) electrons. The minimum absolute atomic E-state index is 0.306. The Morgan fingerprint density at radius 1 is 1.15 bits per heavy atom. The van der Waals surface area contributed by atoms with Crippen molar-refractivity contribution in [3.8, 4) is 0 Å². The van der Waals surface area contributed by atoms with E-state index in [1.165, 1.54) is 0 Å². The lowest BCUT2D eigenvalue weighted by Crippen LogP contribution is -2.06. The van der Waals surface area contributed by atoms with Crippen LogP contribution in [0.5, 0.6) is 0 Å². The van der Waals surface area contributed by atoms with Crippen LogP contribution < -0.4 is 5.63 Å². The Hall–Kier alpha value is -2.53. The lowest BCUT2D eigenvalue weighted by atomic mass is 10.1. The largest absolute Gasteiger partial charge is 0.423 e. The van der Waals surface area contributed by atoms with Crippen LogP contribution in [0.1, 0.15) is 25.0 Å². The van der Waals surface area contributed by atoms with Crippen LogP contribution in [0.2, 0.25) is 0 Å². The molecule has 4 aromatic rings. The van der Waals surface area contributed by atoms with E-state index >= 15 is 0 Å². The van der Waals surface area contributed by atoms with Crippen LogP contribution in [0.15, 0.2) is 62.9 Å². The first-order valence-corrected chi connectivity index (χ1v) is 10.1. The summed E-state index contributed by atoms with van der Waals surface area (Å²) in [5.74, 6) is 1.20. The number of benzene rings is 2. The van der Waals surface area contributed by atoms with Crippen LogP contribution in [0.25, 0.3) is 22.0 Å². The molecule has 0 saturated carbocycles. The van der Waals surface area contributed by atoms with Crippen LogP contribution in [0, 0.1) is 12.8 Å². The molecule has 4 nitrogen and oxygen atoms in total. The van der Waals surface area contributed by atoms with Gasteiger partial charge >= 0.3 is 5.63 Å². The normalized spacial score (nSPS) is 11.7. The molecule has 0 aliphatic carbocycles. The van der Waals surface area contributed by atoms with E-state index in [1.807, 2.05) is 43.3 Å². The highest BCUT2D eigenvalue weighted by atomic mass is 32.2. The SMILES string of the molecule is Cc1ccc2c(CSc3nc4ccccc4n3CC(C)C)cc(=O)oc2c1. The zero-order valence-electron chi connectivity index (χ0n) is 15.7. The highest BCUT2D eigenvalue weighted by molar-refractivity contribution is 7.98. The van der Waals surface area contributed by atoms with Crippen LogP contribution in [-0.2, 0) is 12.3 Å². The summed E-state index contributed by atoms with van der Waals surface area (Å²) in [4.78, 5) is 16.8. The number of nitrogens with zero attached hydrogens (tertiary/aromatic N) is 2. The summed E-state index contributed by atoms with van der Waals surface area (Å²) < 4.78 is 7.65. The summed E-state index contributed by atoms with van der Waals surface area (Å²) in [6, 6.07) is 15.8. The summed E-state index contributed by atoms with van der Waals surface area (Å²) in [5.41, 5.74) is 4.56. The van der Waals surface area contributed by atoms with Gasteiger partial charge in [-0.25, -0.2) is 9.78 Å². The highest BCUT2D eigenvalue weighted by Gasteiger charge is 2.14. The molecule has 138 valence electrons. The lowest BCUT2D eigenvalue weighted by molar-refractivity contribution is 0.505. The zero-order valence-corrected chi connectivity index (χ0v) is 16.5. The number of hydrogen-bond donors (Lipinski definition) is 0. The maximum atomic E-state index is 12.0.